The third kappa shape index (κ3) is 5.71. The summed E-state index contributed by atoms with van der Waals surface area (Å²) < 4.78 is 11.1. The Balaban J connectivity index is 1.50. The molecule has 142 valence electrons. The van der Waals surface area contributed by atoms with E-state index >= 15 is 0 Å². The van der Waals surface area contributed by atoms with Gasteiger partial charge >= 0.3 is 0 Å². The van der Waals surface area contributed by atoms with Crippen LogP contribution < -0.4 is 14.9 Å². The maximum atomic E-state index is 12.2. The highest BCUT2D eigenvalue weighted by molar-refractivity contribution is 5.95. The van der Waals surface area contributed by atoms with Crippen LogP contribution in [0.15, 0.2) is 84.0 Å². The number of nitrogens with zero attached hydrogens (tertiary/aromatic N) is 1. The zero-order chi connectivity index (χ0) is 19.6. The molecule has 0 saturated carbocycles. The summed E-state index contributed by atoms with van der Waals surface area (Å²) in [7, 11) is 0. The fraction of sp³-hybridized carbons (Fsp3) is 0.130. The largest absolute Gasteiger partial charge is 0.494 e. The van der Waals surface area contributed by atoms with Crippen LogP contribution in [0.4, 0.5) is 0 Å². The Morgan fingerprint density at radius 3 is 2.21 bits per heavy atom. The normalized spacial score (nSPS) is 10.6. The first-order chi connectivity index (χ1) is 13.7. The van der Waals surface area contributed by atoms with Gasteiger partial charge in [0.05, 0.1) is 12.8 Å². The smallest absolute Gasteiger partial charge is 0.271 e. The summed E-state index contributed by atoms with van der Waals surface area (Å²) >= 11 is 0. The van der Waals surface area contributed by atoms with E-state index in [1.54, 1.807) is 30.5 Å². The molecule has 3 aromatic carbocycles. The molecule has 0 bridgehead atoms. The third-order valence-electron chi connectivity index (χ3n) is 3.94. The molecule has 1 N–H and O–H groups in total. The molecule has 3 rings (SSSR count). The standard InChI is InChI=1S/C23H22N2O3/c1-2-27-21-12-8-18(9-13-21)16-24-25-23(26)20-10-14-22(15-11-20)28-17-19-6-4-3-5-7-19/h3-16H,2,17H2,1H3,(H,25,26)/b24-16+. The van der Waals surface area contributed by atoms with E-state index in [-0.39, 0.29) is 5.91 Å². The molecule has 0 aromatic heterocycles. The Morgan fingerprint density at radius 2 is 1.54 bits per heavy atom. The van der Waals surface area contributed by atoms with Crippen LogP contribution in [0.3, 0.4) is 0 Å². The first kappa shape index (κ1) is 19.2. The number of hydrogen-bond acceptors (Lipinski definition) is 4. The lowest BCUT2D eigenvalue weighted by Gasteiger charge is -2.07. The summed E-state index contributed by atoms with van der Waals surface area (Å²) in [5.41, 5.74) is 4.99. The van der Waals surface area contributed by atoms with Gasteiger partial charge in [-0.15, -0.1) is 0 Å². The van der Waals surface area contributed by atoms with Crippen molar-refractivity contribution < 1.29 is 14.3 Å². The van der Waals surface area contributed by atoms with Gasteiger partial charge in [0, 0.05) is 5.56 Å². The van der Waals surface area contributed by atoms with Gasteiger partial charge in [-0.3, -0.25) is 4.79 Å². The summed E-state index contributed by atoms with van der Waals surface area (Å²) in [5.74, 6) is 1.23. The van der Waals surface area contributed by atoms with Crippen molar-refractivity contribution in [2.75, 3.05) is 6.61 Å². The van der Waals surface area contributed by atoms with Crippen molar-refractivity contribution in [2.24, 2.45) is 5.10 Å². The van der Waals surface area contributed by atoms with E-state index in [0.29, 0.717) is 24.5 Å². The SMILES string of the molecule is CCOc1ccc(/C=N/NC(=O)c2ccc(OCc3ccccc3)cc2)cc1. The van der Waals surface area contributed by atoms with Gasteiger partial charge in [0.15, 0.2) is 0 Å². The van der Waals surface area contributed by atoms with Gasteiger partial charge < -0.3 is 9.47 Å². The second kappa shape index (κ2) is 9.92. The minimum atomic E-state index is -0.281. The van der Waals surface area contributed by atoms with Crippen molar-refractivity contribution in [1.29, 1.82) is 0 Å². The predicted molar refractivity (Wildman–Crippen MR) is 110 cm³/mol. The number of nitrogens with one attached hydrogen (secondary N) is 1. The molecule has 5 heteroatoms. The van der Waals surface area contributed by atoms with Crippen LogP contribution >= 0.6 is 0 Å². The van der Waals surface area contributed by atoms with Crippen molar-refractivity contribution in [3.63, 3.8) is 0 Å². The lowest BCUT2D eigenvalue weighted by Crippen LogP contribution is -2.17. The quantitative estimate of drug-likeness (QED) is 0.469. The van der Waals surface area contributed by atoms with Gasteiger partial charge in [0.1, 0.15) is 18.1 Å². The zero-order valence-corrected chi connectivity index (χ0v) is 15.7. The Bertz CT molecular complexity index is 905. The highest BCUT2D eigenvalue weighted by Gasteiger charge is 2.04. The molecular weight excluding hydrogens is 352 g/mol. The Kier molecular flexibility index (Phi) is 6.79. The van der Waals surface area contributed by atoms with E-state index in [4.69, 9.17) is 9.47 Å². The predicted octanol–water partition coefficient (Wildman–Crippen LogP) is 4.43. The molecule has 0 spiro atoms. The summed E-state index contributed by atoms with van der Waals surface area (Å²) in [6, 6.07) is 24.4. The topological polar surface area (TPSA) is 59.9 Å². The van der Waals surface area contributed by atoms with Crippen LogP contribution in [0.5, 0.6) is 11.5 Å². The minimum Gasteiger partial charge on any atom is -0.494 e. The van der Waals surface area contributed by atoms with Crippen molar-refractivity contribution >= 4 is 12.1 Å². The van der Waals surface area contributed by atoms with Crippen molar-refractivity contribution in [3.8, 4) is 11.5 Å². The number of hydrogen-bond donors (Lipinski definition) is 1. The molecule has 28 heavy (non-hydrogen) atoms. The molecule has 0 fully saturated rings. The van der Waals surface area contributed by atoms with E-state index < -0.39 is 0 Å². The van der Waals surface area contributed by atoms with Gasteiger partial charge in [0.2, 0.25) is 0 Å². The lowest BCUT2D eigenvalue weighted by atomic mass is 10.2. The highest BCUT2D eigenvalue weighted by Crippen LogP contribution is 2.14. The molecule has 1 amide bonds. The first-order valence-electron chi connectivity index (χ1n) is 9.07. The van der Waals surface area contributed by atoms with E-state index in [2.05, 4.69) is 10.5 Å². The summed E-state index contributed by atoms with van der Waals surface area (Å²) in [4.78, 5) is 12.2. The molecule has 3 aromatic rings. The fourth-order valence-corrected chi connectivity index (χ4v) is 2.49. The van der Waals surface area contributed by atoms with Crippen LogP contribution in [-0.2, 0) is 6.61 Å². The number of rotatable bonds is 8. The molecule has 0 unspecified atom stereocenters. The monoisotopic (exact) mass is 374 g/mol. The van der Waals surface area contributed by atoms with Crippen molar-refractivity contribution in [2.45, 2.75) is 13.5 Å². The number of ether oxygens (including phenoxy) is 2. The number of carbonyl (C=O) groups excluding carboxylic acids is 1. The number of hydrazone groups is 1. The fourth-order valence-electron chi connectivity index (χ4n) is 2.49. The van der Waals surface area contributed by atoms with Crippen LogP contribution in [0, 0.1) is 0 Å². The number of carbonyl (C=O) groups is 1. The van der Waals surface area contributed by atoms with E-state index in [1.807, 2.05) is 61.5 Å². The molecule has 0 aliphatic rings. The summed E-state index contributed by atoms with van der Waals surface area (Å²) in [5, 5.41) is 4.00. The van der Waals surface area contributed by atoms with Crippen LogP contribution in [0.25, 0.3) is 0 Å². The molecule has 0 atom stereocenters. The van der Waals surface area contributed by atoms with Gasteiger partial charge in [-0.05, 0) is 66.6 Å². The Labute approximate surface area is 164 Å². The van der Waals surface area contributed by atoms with E-state index in [1.165, 1.54) is 0 Å². The third-order valence-corrected chi connectivity index (χ3v) is 3.94. The van der Waals surface area contributed by atoms with Gasteiger partial charge in [-0.1, -0.05) is 30.3 Å². The average Bonchev–Trinajstić information content (AvgIpc) is 2.75. The van der Waals surface area contributed by atoms with Crippen molar-refractivity contribution in [3.05, 3.63) is 95.6 Å². The van der Waals surface area contributed by atoms with E-state index in [0.717, 1.165) is 16.9 Å². The number of benzene rings is 3. The molecule has 0 aliphatic heterocycles. The van der Waals surface area contributed by atoms with Gasteiger partial charge in [-0.25, -0.2) is 5.43 Å². The van der Waals surface area contributed by atoms with Crippen LogP contribution in [0.2, 0.25) is 0 Å². The Morgan fingerprint density at radius 1 is 0.893 bits per heavy atom. The average molecular weight is 374 g/mol. The lowest BCUT2D eigenvalue weighted by molar-refractivity contribution is 0.0955. The minimum absolute atomic E-state index is 0.281. The van der Waals surface area contributed by atoms with Crippen molar-refractivity contribution in [1.82, 2.24) is 5.43 Å². The van der Waals surface area contributed by atoms with Crippen LogP contribution in [0.1, 0.15) is 28.4 Å². The summed E-state index contributed by atoms with van der Waals surface area (Å²) in [6.45, 7) is 3.05. The molecule has 5 nitrogen and oxygen atoms in total. The Hall–Kier alpha value is -3.60. The maximum Gasteiger partial charge on any atom is 0.271 e. The highest BCUT2D eigenvalue weighted by atomic mass is 16.5. The van der Waals surface area contributed by atoms with Crippen LogP contribution in [-0.4, -0.2) is 18.7 Å². The second-order valence-electron chi connectivity index (χ2n) is 6.00. The van der Waals surface area contributed by atoms with Gasteiger partial charge in [-0.2, -0.15) is 5.10 Å². The molecular formula is C23H22N2O3. The van der Waals surface area contributed by atoms with E-state index in [9.17, 15) is 4.79 Å². The molecule has 0 radical (unpaired) electrons. The maximum absolute atomic E-state index is 12.2. The molecule has 0 saturated heterocycles. The summed E-state index contributed by atoms with van der Waals surface area (Å²) in [6.07, 6.45) is 1.59. The molecule has 0 aliphatic carbocycles. The van der Waals surface area contributed by atoms with Gasteiger partial charge in [0.25, 0.3) is 5.91 Å². The first-order valence-corrected chi connectivity index (χ1v) is 9.07. The second-order valence-corrected chi connectivity index (χ2v) is 6.00. The number of amides is 1. The molecule has 0 heterocycles. The zero-order valence-electron chi connectivity index (χ0n) is 15.7.